The van der Waals surface area contributed by atoms with E-state index in [0.29, 0.717) is 11.1 Å². The van der Waals surface area contributed by atoms with E-state index in [0.717, 1.165) is 0 Å². The van der Waals surface area contributed by atoms with Crippen LogP contribution >= 0.6 is 0 Å². The quantitative estimate of drug-likeness (QED) is 0.734. The lowest BCUT2D eigenvalue weighted by Crippen LogP contribution is -2.41. The lowest BCUT2D eigenvalue weighted by Gasteiger charge is -2.17. The molecular weight excluding hydrogens is 420 g/mol. The van der Waals surface area contributed by atoms with Crippen LogP contribution in [-0.2, 0) is 18.9 Å². The third-order valence-electron chi connectivity index (χ3n) is 4.98. The molecule has 4 amide bonds. The number of benzene rings is 2. The van der Waals surface area contributed by atoms with Gasteiger partial charge in [-0.05, 0) is 24.3 Å². The fourth-order valence-electron chi connectivity index (χ4n) is 3.47. The number of rotatable bonds is 4. The van der Waals surface area contributed by atoms with E-state index in [2.05, 4.69) is 10.6 Å². The molecule has 10 nitrogen and oxygen atoms in total. The number of fused-ring (bicyclic) bond motifs is 1. The van der Waals surface area contributed by atoms with Gasteiger partial charge in [-0.25, -0.2) is 9.59 Å². The highest BCUT2D eigenvalue weighted by Crippen LogP contribution is 2.30. The number of carbonyl (C=O) groups is 4. The van der Waals surface area contributed by atoms with Crippen molar-refractivity contribution in [3.8, 4) is 0 Å². The van der Waals surface area contributed by atoms with E-state index in [1.165, 1.54) is 0 Å². The fourth-order valence-corrected chi connectivity index (χ4v) is 3.47. The van der Waals surface area contributed by atoms with Crippen LogP contribution in [0.25, 0.3) is 0 Å². The summed E-state index contributed by atoms with van der Waals surface area (Å²) in [7, 11) is 0. The van der Waals surface area contributed by atoms with Gasteiger partial charge < -0.3 is 18.9 Å². The predicted octanol–water partition coefficient (Wildman–Crippen LogP) is 1.65. The van der Waals surface area contributed by atoms with Gasteiger partial charge in [-0.3, -0.25) is 20.2 Å². The summed E-state index contributed by atoms with van der Waals surface area (Å²) >= 11 is 0. The van der Waals surface area contributed by atoms with Gasteiger partial charge in [0.25, 0.3) is 11.8 Å². The molecule has 4 atom stereocenters. The second-order valence-corrected chi connectivity index (χ2v) is 7.12. The second-order valence-electron chi connectivity index (χ2n) is 7.12. The number of amides is 4. The molecule has 2 saturated heterocycles. The van der Waals surface area contributed by atoms with Crippen molar-refractivity contribution < 1.29 is 38.1 Å². The van der Waals surface area contributed by atoms with Crippen molar-refractivity contribution in [2.75, 3.05) is 13.2 Å². The first kappa shape index (κ1) is 21.5. The molecule has 0 unspecified atom stereocenters. The van der Waals surface area contributed by atoms with E-state index in [1.54, 1.807) is 60.7 Å². The minimum absolute atomic E-state index is 0.00665. The monoisotopic (exact) mass is 440 g/mol. The highest BCUT2D eigenvalue weighted by Gasteiger charge is 2.51. The van der Waals surface area contributed by atoms with Gasteiger partial charge in [0.1, 0.15) is 12.2 Å². The summed E-state index contributed by atoms with van der Waals surface area (Å²) in [5, 5.41) is 4.28. The van der Waals surface area contributed by atoms with Gasteiger partial charge in [0.2, 0.25) is 0 Å². The topological polar surface area (TPSA) is 129 Å². The van der Waals surface area contributed by atoms with Crippen molar-refractivity contribution >= 4 is 24.0 Å². The van der Waals surface area contributed by atoms with Crippen LogP contribution < -0.4 is 10.6 Å². The average molecular weight is 440 g/mol. The predicted molar refractivity (Wildman–Crippen MR) is 108 cm³/mol. The molecule has 0 saturated carbocycles. The number of nitrogens with one attached hydrogen (secondary N) is 2. The van der Waals surface area contributed by atoms with Crippen molar-refractivity contribution in [2.45, 2.75) is 24.4 Å². The van der Waals surface area contributed by atoms with Crippen LogP contribution in [0, 0.1) is 0 Å². The SMILES string of the molecule is O=C(NC(=O)c1ccccc1)O[C@H]1CO[C@H]2[C@@H]1OC[C@@H]2OC(=O)NC(=O)c1ccccc1. The standard InChI is InChI=1S/C22H20N2O8/c25-19(13-7-3-1-4-8-13)23-21(27)31-15-11-29-18-16(12-30-17(15)18)32-22(28)24-20(26)14-9-5-2-6-10-14/h1-10,15-18H,11-12H2,(H,23,25,27)(H,24,26,28)/t15-,16-,17+,18+/m0/s1. The maximum atomic E-state index is 12.1. The zero-order valence-electron chi connectivity index (χ0n) is 16.8. The molecule has 2 fully saturated rings. The molecule has 0 radical (unpaired) electrons. The largest absolute Gasteiger partial charge is 0.441 e. The van der Waals surface area contributed by atoms with E-state index in [9.17, 15) is 19.2 Å². The molecule has 166 valence electrons. The van der Waals surface area contributed by atoms with E-state index >= 15 is 0 Å². The maximum Gasteiger partial charge on any atom is 0.414 e. The molecule has 0 aliphatic carbocycles. The molecular formula is C22H20N2O8. The molecule has 2 N–H and O–H groups in total. The summed E-state index contributed by atoms with van der Waals surface area (Å²) in [6, 6.07) is 16.4. The Bertz CT molecular complexity index is 916. The molecule has 4 rings (SSSR count). The average Bonchev–Trinajstić information content (AvgIpc) is 3.38. The highest BCUT2D eigenvalue weighted by molar-refractivity contribution is 6.03. The first-order valence-corrected chi connectivity index (χ1v) is 9.88. The van der Waals surface area contributed by atoms with Gasteiger partial charge in [-0.1, -0.05) is 36.4 Å². The number of imide groups is 2. The highest BCUT2D eigenvalue weighted by atomic mass is 16.7. The minimum atomic E-state index is -0.938. The number of hydrogen-bond donors (Lipinski definition) is 2. The van der Waals surface area contributed by atoms with Crippen molar-refractivity contribution in [1.82, 2.24) is 10.6 Å². The van der Waals surface area contributed by atoms with Crippen LogP contribution in [0.4, 0.5) is 9.59 Å². The van der Waals surface area contributed by atoms with Crippen LogP contribution in [0.15, 0.2) is 60.7 Å². The van der Waals surface area contributed by atoms with Gasteiger partial charge in [0, 0.05) is 11.1 Å². The number of alkyl carbamates (subject to hydrolysis) is 2. The summed E-state index contributed by atoms with van der Waals surface area (Å²) < 4.78 is 21.7. The van der Waals surface area contributed by atoms with Gasteiger partial charge in [-0.2, -0.15) is 0 Å². The van der Waals surface area contributed by atoms with Crippen LogP contribution in [-0.4, -0.2) is 61.6 Å². The molecule has 10 heteroatoms. The van der Waals surface area contributed by atoms with Gasteiger partial charge >= 0.3 is 12.2 Å². The lowest BCUT2D eigenvalue weighted by molar-refractivity contribution is -0.0113. The van der Waals surface area contributed by atoms with Crippen LogP contribution in [0.1, 0.15) is 20.7 Å². The molecule has 2 aromatic carbocycles. The fraction of sp³-hybridized carbons (Fsp3) is 0.273. The number of hydrogen-bond acceptors (Lipinski definition) is 8. The lowest BCUT2D eigenvalue weighted by atomic mass is 10.1. The van der Waals surface area contributed by atoms with Gasteiger partial charge in [-0.15, -0.1) is 0 Å². The van der Waals surface area contributed by atoms with Crippen molar-refractivity contribution in [3.63, 3.8) is 0 Å². The van der Waals surface area contributed by atoms with Crippen LogP contribution in [0.3, 0.4) is 0 Å². The Hall–Kier alpha value is -3.76. The summed E-state index contributed by atoms with van der Waals surface area (Å²) in [6.07, 6.45) is -4.79. The molecule has 0 spiro atoms. The third kappa shape index (κ3) is 4.93. The first-order valence-electron chi connectivity index (χ1n) is 9.88. The first-order chi connectivity index (χ1) is 15.5. The molecule has 0 aromatic heterocycles. The van der Waals surface area contributed by atoms with E-state index < -0.39 is 48.4 Å². The number of carbonyl (C=O) groups excluding carboxylic acids is 4. The summed E-state index contributed by atoms with van der Waals surface area (Å²) in [5.41, 5.74) is 0.623. The van der Waals surface area contributed by atoms with E-state index in [1.807, 2.05) is 0 Å². The number of ether oxygens (including phenoxy) is 4. The van der Waals surface area contributed by atoms with Crippen molar-refractivity contribution in [2.24, 2.45) is 0 Å². The summed E-state index contributed by atoms with van der Waals surface area (Å²) in [6.45, 7) is 0.0133. The van der Waals surface area contributed by atoms with E-state index in [-0.39, 0.29) is 13.2 Å². The molecule has 2 aromatic rings. The molecule has 32 heavy (non-hydrogen) atoms. The van der Waals surface area contributed by atoms with Crippen molar-refractivity contribution in [1.29, 1.82) is 0 Å². The zero-order chi connectivity index (χ0) is 22.5. The Morgan fingerprint density at radius 2 is 1.03 bits per heavy atom. The Morgan fingerprint density at radius 3 is 1.41 bits per heavy atom. The zero-order valence-corrected chi connectivity index (χ0v) is 16.8. The third-order valence-corrected chi connectivity index (χ3v) is 4.98. The Morgan fingerprint density at radius 1 is 0.656 bits per heavy atom. The smallest absolute Gasteiger partial charge is 0.414 e. The maximum absolute atomic E-state index is 12.1. The molecule has 0 bridgehead atoms. The minimum Gasteiger partial charge on any atom is -0.441 e. The van der Waals surface area contributed by atoms with Gasteiger partial charge in [0.15, 0.2) is 12.2 Å². The molecule has 2 heterocycles. The van der Waals surface area contributed by atoms with Crippen LogP contribution in [0.2, 0.25) is 0 Å². The van der Waals surface area contributed by atoms with E-state index in [4.69, 9.17) is 18.9 Å². The Labute approximate surface area is 182 Å². The normalized spacial score (nSPS) is 23.6. The summed E-state index contributed by atoms with van der Waals surface area (Å²) in [4.78, 5) is 48.3. The van der Waals surface area contributed by atoms with Gasteiger partial charge in [0.05, 0.1) is 13.2 Å². The molecule has 2 aliphatic heterocycles. The Kier molecular flexibility index (Phi) is 6.43. The molecule has 2 aliphatic rings. The summed E-state index contributed by atoms with van der Waals surface area (Å²) in [5.74, 6) is -1.20. The second kappa shape index (κ2) is 9.58. The van der Waals surface area contributed by atoms with Crippen LogP contribution in [0.5, 0.6) is 0 Å². The Balaban J connectivity index is 1.26. The van der Waals surface area contributed by atoms with Crippen molar-refractivity contribution in [3.05, 3.63) is 71.8 Å².